The van der Waals surface area contributed by atoms with Crippen LogP contribution in [0.3, 0.4) is 0 Å². The van der Waals surface area contributed by atoms with E-state index in [1.54, 1.807) is 11.8 Å². The molecule has 0 heterocycles. The van der Waals surface area contributed by atoms with E-state index in [4.69, 9.17) is 0 Å². The van der Waals surface area contributed by atoms with Crippen molar-refractivity contribution in [3.8, 4) is 17.2 Å². The Morgan fingerprint density at radius 2 is 1.65 bits per heavy atom. The van der Waals surface area contributed by atoms with E-state index in [1.807, 2.05) is 24.1 Å². The largest absolute Gasteiger partial charge is 0.192 e. The fraction of sp³-hybridized carbons (Fsp3) is 0.174. The molecule has 0 aromatic heterocycles. The van der Waals surface area contributed by atoms with Crippen LogP contribution >= 0.6 is 23.5 Å². The number of rotatable bonds is 6. The minimum Gasteiger partial charge on any atom is -0.192 e. The molecule has 3 rings (SSSR count). The molecule has 0 aliphatic carbocycles. The number of aryl methyl sites for hydroxylation is 2. The lowest BCUT2D eigenvalue weighted by molar-refractivity contribution is 1.12. The van der Waals surface area contributed by atoms with Crippen LogP contribution < -0.4 is 0 Å². The number of nitriles is 1. The van der Waals surface area contributed by atoms with Gasteiger partial charge in [0.05, 0.1) is 5.56 Å². The molecule has 3 aromatic rings. The van der Waals surface area contributed by atoms with Crippen molar-refractivity contribution in [1.82, 2.24) is 0 Å². The topological polar surface area (TPSA) is 23.8 Å². The molecule has 0 saturated heterocycles. The number of hydrogen-bond acceptors (Lipinski definition) is 3. The molecule has 0 aliphatic rings. The molecule has 0 unspecified atom stereocenters. The van der Waals surface area contributed by atoms with Crippen molar-refractivity contribution in [2.24, 2.45) is 0 Å². The van der Waals surface area contributed by atoms with Crippen LogP contribution in [-0.4, -0.2) is 12.0 Å². The van der Waals surface area contributed by atoms with E-state index in [0.717, 1.165) is 28.2 Å². The first-order valence-corrected chi connectivity index (χ1v) is 10.8. The second kappa shape index (κ2) is 8.98. The van der Waals surface area contributed by atoms with Crippen LogP contribution in [0.2, 0.25) is 0 Å². The minimum atomic E-state index is 0.821. The highest BCUT2D eigenvalue weighted by Gasteiger charge is 2.11. The molecule has 130 valence electrons. The molecule has 0 fully saturated rings. The zero-order chi connectivity index (χ0) is 18.4. The Bertz CT molecular complexity index is 909. The normalized spacial score (nSPS) is 10.5. The van der Waals surface area contributed by atoms with Crippen molar-refractivity contribution in [3.05, 3.63) is 83.4 Å². The molecule has 1 nitrogen and oxygen atoms in total. The number of nitrogens with zero attached hydrogens (tertiary/aromatic N) is 1. The van der Waals surface area contributed by atoms with Gasteiger partial charge in [-0.1, -0.05) is 48.0 Å². The van der Waals surface area contributed by atoms with Crippen LogP contribution in [-0.2, 0) is 6.42 Å². The fourth-order valence-electron chi connectivity index (χ4n) is 2.87. The van der Waals surface area contributed by atoms with Gasteiger partial charge < -0.3 is 0 Å². The summed E-state index contributed by atoms with van der Waals surface area (Å²) in [6.07, 6.45) is 2.92. The highest BCUT2D eigenvalue weighted by molar-refractivity contribution is 7.99. The van der Waals surface area contributed by atoms with Crippen molar-refractivity contribution in [2.45, 2.75) is 23.1 Å². The van der Waals surface area contributed by atoms with E-state index in [0.29, 0.717) is 0 Å². The second-order valence-corrected chi connectivity index (χ2v) is 8.12. The second-order valence-electron chi connectivity index (χ2n) is 6.10. The molecule has 0 atom stereocenters. The lowest BCUT2D eigenvalue weighted by Crippen LogP contribution is -1.97. The van der Waals surface area contributed by atoms with Crippen molar-refractivity contribution < 1.29 is 0 Å². The third kappa shape index (κ3) is 4.52. The van der Waals surface area contributed by atoms with Crippen LogP contribution in [0.15, 0.2) is 76.5 Å². The molecule has 0 spiro atoms. The smallest absolute Gasteiger partial charge is 0.101 e. The van der Waals surface area contributed by atoms with Gasteiger partial charge in [-0.15, -0.1) is 23.5 Å². The van der Waals surface area contributed by atoms with Crippen LogP contribution in [0, 0.1) is 18.3 Å². The molecule has 26 heavy (non-hydrogen) atoms. The summed E-state index contributed by atoms with van der Waals surface area (Å²) in [6.45, 7) is 2.10. The van der Waals surface area contributed by atoms with Gasteiger partial charge in [0.2, 0.25) is 0 Å². The summed E-state index contributed by atoms with van der Waals surface area (Å²) in [5.41, 5.74) is 5.62. The standard InChI is InChI=1S/C23H21NS2/c1-17-8-10-21(11-9-17)26-13-12-19-14-20(18-6-4-3-5-7-18)15-23(25-2)22(19)16-24/h3-11,14-15H,12-13H2,1-2H3. The molecule has 0 N–H and O–H groups in total. The van der Waals surface area contributed by atoms with Gasteiger partial charge in [0, 0.05) is 15.5 Å². The summed E-state index contributed by atoms with van der Waals surface area (Å²) in [7, 11) is 0. The molecule has 3 heteroatoms. The Labute approximate surface area is 164 Å². The van der Waals surface area contributed by atoms with Crippen LogP contribution in [0.5, 0.6) is 0 Å². The Kier molecular flexibility index (Phi) is 6.44. The first kappa shape index (κ1) is 18.6. The maximum absolute atomic E-state index is 9.67. The first-order chi connectivity index (χ1) is 12.7. The SMILES string of the molecule is CSc1cc(-c2ccccc2)cc(CCSc2ccc(C)cc2)c1C#N. The van der Waals surface area contributed by atoms with Gasteiger partial charge in [0.25, 0.3) is 0 Å². The highest BCUT2D eigenvalue weighted by Crippen LogP contribution is 2.31. The van der Waals surface area contributed by atoms with Crippen LogP contribution in [0.25, 0.3) is 11.1 Å². The maximum Gasteiger partial charge on any atom is 0.101 e. The minimum absolute atomic E-state index is 0.821. The van der Waals surface area contributed by atoms with E-state index in [2.05, 4.69) is 73.7 Å². The highest BCUT2D eigenvalue weighted by atomic mass is 32.2. The van der Waals surface area contributed by atoms with Crippen LogP contribution in [0.4, 0.5) is 0 Å². The monoisotopic (exact) mass is 375 g/mol. The van der Waals surface area contributed by atoms with Crippen molar-refractivity contribution in [3.63, 3.8) is 0 Å². The predicted octanol–water partition coefficient (Wildman–Crippen LogP) is 6.59. The summed E-state index contributed by atoms with van der Waals surface area (Å²) < 4.78 is 0. The average molecular weight is 376 g/mol. The van der Waals surface area contributed by atoms with Gasteiger partial charge in [-0.2, -0.15) is 5.26 Å². The number of benzene rings is 3. The van der Waals surface area contributed by atoms with Crippen LogP contribution in [0.1, 0.15) is 16.7 Å². The van der Waals surface area contributed by atoms with Crippen molar-refractivity contribution >= 4 is 23.5 Å². The molecule has 0 radical (unpaired) electrons. The molecule has 0 saturated carbocycles. The van der Waals surface area contributed by atoms with E-state index in [-0.39, 0.29) is 0 Å². The lowest BCUT2D eigenvalue weighted by Gasteiger charge is -2.12. The maximum atomic E-state index is 9.67. The molecule has 3 aromatic carbocycles. The van der Waals surface area contributed by atoms with Gasteiger partial charge >= 0.3 is 0 Å². The van der Waals surface area contributed by atoms with Gasteiger partial charge in [-0.05, 0) is 60.6 Å². The Morgan fingerprint density at radius 1 is 0.923 bits per heavy atom. The summed E-state index contributed by atoms with van der Waals surface area (Å²) >= 11 is 3.49. The van der Waals surface area contributed by atoms with E-state index in [1.165, 1.54) is 21.6 Å². The quantitative estimate of drug-likeness (QED) is 0.454. The van der Waals surface area contributed by atoms with Crippen molar-refractivity contribution in [2.75, 3.05) is 12.0 Å². The summed E-state index contributed by atoms with van der Waals surface area (Å²) in [4.78, 5) is 2.34. The average Bonchev–Trinajstić information content (AvgIpc) is 2.69. The lowest BCUT2D eigenvalue weighted by atomic mass is 9.98. The third-order valence-corrected chi connectivity index (χ3v) is 6.06. The fourth-order valence-corrected chi connectivity index (χ4v) is 4.38. The summed E-state index contributed by atoms with van der Waals surface area (Å²) in [6, 6.07) is 25.7. The van der Waals surface area contributed by atoms with E-state index < -0.39 is 0 Å². The zero-order valence-corrected chi connectivity index (χ0v) is 16.7. The predicted molar refractivity (Wildman–Crippen MR) is 114 cm³/mol. The molecular weight excluding hydrogens is 354 g/mol. The molecule has 0 bridgehead atoms. The number of hydrogen-bond donors (Lipinski definition) is 0. The Balaban J connectivity index is 1.84. The van der Waals surface area contributed by atoms with Gasteiger partial charge in [0.1, 0.15) is 6.07 Å². The summed E-state index contributed by atoms with van der Waals surface area (Å²) in [5, 5.41) is 9.67. The number of thioether (sulfide) groups is 2. The zero-order valence-electron chi connectivity index (χ0n) is 15.0. The summed E-state index contributed by atoms with van der Waals surface area (Å²) in [5.74, 6) is 0.962. The van der Waals surface area contributed by atoms with Gasteiger partial charge in [-0.25, -0.2) is 0 Å². The van der Waals surface area contributed by atoms with E-state index in [9.17, 15) is 5.26 Å². The van der Waals surface area contributed by atoms with Crippen molar-refractivity contribution in [1.29, 1.82) is 5.26 Å². The van der Waals surface area contributed by atoms with Gasteiger partial charge in [0.15, 0.2) is 0 Å². The molecule has 0 amide bonds. The third-order valence-electron chi connectivity index (χ3n) is 4.28. The first-order valence-electron chi connectivity index (χ1n) is 8.57. The van der Waals surface area contributed by atoms with E-state index >= 15 is 0 Å². The Morgan fingerprint density at radius 3 is 2.31 bits per heavy atom. The Hall–Kier alpha value is -2.15. The molecular formula is C23H21NS2. The van der Waals surface area contributed by atoms with Gasteiger partial charge in [-0.3, -0.25) is 0 Å². The molecule has 0 aliphatic heterocycles.